The molecule has 1 aliphatic rings. The van der Waals surface area contributed by atoms with Crippen LogP contribution in [-0.4, -0.2) is 34.6 Å². The molecule has 1 fully saturated rings. The zero-order chi connectivity index (χ0) is 14.0. The molecule has 1 atom stereocenters. The van der Waals surface area contributed by atoms with Crippen LogP contribution in [0.2, 0.25) is 0 Å². The van der Waals surface area contributed by atoms with Gasteiger partial charge in [-0.05, 0) is 18.6 Å². The Kier molecular flexibility index (Phi) is 3.51. The molecule has 0 amide bonds. The number of carbonyl (C=O) groups is 1. The van der Waals surface area contributed by atoms with Gasteiger partial charge in [0.1, 0.15) is 11.4 Å². The molecule has 0 radical (unpaired) electrons. The van der Waals surface area contributed by atoms with Crippen LogP contribution in [0.3, 0.4) is 0 Å². The molecule has 0 aromatic heterocycles. The van der Waals surface area contributed by atoms with E-state index >= 15 is 0 Å². The summed E-state index contributed by atoms with van der Waals surface area (Å²) in [4.78, 5) is 12.8. The average molecular weight is 263 g/mol. The van der Waals surface area contributed by atoms with Crippen molar-refractivity contribution in [3.63, 3.8) is 0 Å². The van der Waals surface area contributed by atoms with Crippen molar-refractivity contribution in [2.75, 3.05) is 13.1 Å². The molecule has 1 aromatic carbocycles. The van der Waals surface area contributed by atoms with E-state index in [2.05, 4.69) is 0 Å². The van der Waals surface area contributed by atoms with Crippen LogP contribution < -0.4 is 5.73 Å². The summed E-state index contributed by atoms with van der Waals surface area (Å²) in [5.74, 6) is -1.49. The van der Waals surface area contributed by atoms with Crippen molar-refractivity contribution in [2.24, 2.45) is 5.73 Å². The Morgan fingerprint density at radius 2 is 2.37 bits per heavy atom. The van der Waals surface area contributed by atoms with Gasteiger partial charge in [0.15, 0.2) is 0 Å². The first-order valence-electron chi connectivity index (χ1n) is 5.88. The fraction of sp³-hybridized carbons (Fsp3) is 0.385. The highest BCUT2D eigenvalue weighted by Gasteiger charge is 2.41. The van der Waals surface area contributed by atoms with E-state index in [1.165, 1.54) is 6.07 Å². The Labute approximate surface area is 110 Å². The van der Waals surface area contributed by atoms with Gasteiger partial charge in [0.25, 0.3) is 0 Å². The Bertz CT molecular complexity index is 555. The van der Waals surface area contributed by atoms with Crippen molar-refractivity contribution in [1.29, 1.82) is 5.26 Å². The quantitative estimate of drug-likeness (QED) is 0.837. The summed E-state index contributed by atoms with van der Waals surface area (Å²) in [7, 11) is 0. The van der Waals surface area contributed by atoms with E-state index in [0.717, 1.165) is 0 Å². The second-order valence-electron chi connectivity index (χ2n) is 4.84. The van der Waals surface area contributed by atoms with E-state index in [1.54, 1.807) is 17.0 Å². The summed E-state index contributed by atoms with van der Waals surface area (Å²) >= 11 is 0. The van der Waals surface area contributed by atoms with Gasteiger partial charge in [-0.25, -0.2) is 4.39 Å². The second-order valence-corrected chi connectivity index (χ2v) is 4.84. The maximum atomic E-state index is 13.7. The summed E-state index contributed by atoms with van der Waals surface area (Å²) in [5.41, 5.74) is 5.21. The maximum absolute atomic E-state index is 13.7. The molecule has 1 aliphatic heterocycles. The number of nitrogens with zero attached hydrogens (tertiary/aromatic N) is 2. The Morgan fingerprint density at radius 3 is 2.89 bits per heavy atom. The third kappa shape index (κ3) is 2.72. The van der Waals surface area contributed by atoms with Crippen LogP contribution in [0, 0.1) is 17.1 Å². The number of hydrogen-bond donors (Lipinski definition) is 2. The van der Waals surface area contributed by atoms with Gasteiger partial charge in [-0.2, -0.15) is 5.26 Å². The standard InChI is InChI=1S/C13H14FN3O2/c14-11-5-9(6-15)1-2-10(11)7-17-4-3-13(16,8-17)12(18)19/h1-2,5H,3-4,7-8,16H2,(H,18,19). The van der Waals surface area contributed by atoms with Gasteiger partial charge in [0.2, 0.25) is 0 Å². The normalized spacial score (nSPS) is 23.2. The first-order chi connectivity index (χ1) is 8.94. The van der Waals surface area contributed by atoms with Crippen molar-refractivity contribution >= 4 is 5.97 Å². The van der Waals surface area contributed by atoms with E-state index in [9.17, 15) is 9.18 Å². The molecular formula is C13H14FN3O2. The second kappa shape index (κ2) is 4.96. The lowest BCUT2D eigenvalue weighted by Crippen LogP contribution is -2.50. The number of nitriles is 1. The first-order valence-corrected chi connectivity index (χ1v) is 5.88. The lowest BCUT2D eigenvalue weighted by Gasteiger charge is -2.20. The van der Waals surface area contributed by atoms with Crippen LogP contribution in [0.1, 0.15) is 17.5 Å². The molecule has 1 unspecified atom stereocenters. The lowest BCUT2D eigenvalue weighted by atomic mass is 10.0. The van der Waals surface area contributed by atoms with Crippen LogP contribution in [0.15, 0.2) is 18.2 Å². The van der Waals surface area contributed by atoms with Gasteiger partial charge in [-0.3, -0.25) is 9.69 Å². The molecule has 1 heterocycles. The minimum absolute atomic E-state index is 0.196. The number of nitrogens with two attached hydrogens (primary N) is 1. The molecule has 1 saturated heterocycles. The number of aliphatic carboxylic acids is 1. The predicted octanol–water partition coefficient (Wildman–Crippen LogP) is 0.685. The lowest BCUT2D eigenvalue weighted by molar-refractivity contribution is -0.142. The van der Waals surface area contributed by atoms with Crippen LogP contribution in [0.4, 0.5) is 4.39 Å². The van der Waals surface area contributed by atoms with Gasteiger partial charge in [-0.1, -0.05) is 6.07 Å². The molecule has 2 rings (SSSR count). The number of carboxylic acid groups (broad SMARTS) is 1. The van der Waals surface area contributed by atoms with Crippen LogP contribution >= 0.6 is 0 Å². The third-order valence-electron chi connectivity index (χ3n) is 3.38. The minimum Gasteiger partial charge on any atom is -0.480 e. The highest BCUT2D eigenvalue weighted by atomic mass is 19.1. The van der Waals surface area contributed by atoms with Gasteiger partial charge in [0.05, 0.1) is 11.6 Å². The van der Waals surface area contributed by atoms with Crippen LogP contribution in [0.5, 0.6) is 0 Å². The number of benzene rings is 1. The van der Waals surface area contributed by atoms with Crippen LogP contribution in [-0.2, 0) is 11.3 Å². The zero-order valence-corrected chi connectivity index (χ0v) is 10.3. The van der Waals surface area contributed by atoms with Crippen LogP contribution in [0.25, 0.3) is 0 Å². The summed E-state index contributed by atoms with van der Waals surface area (Å²) in [6.07, 6.45) is 0.347. The Hall–Kier alpha value is -1.97. The topological polar surface area (TPSA) is 90.4 Å². The minimum atomic E-state index is -1.25. The molecule has 0 spiro atoms. The third-order valence-corrected chi connectivity index (χ3v) is 3.38. The molecule has 5 nitrogen and oxygen atoms in total. The van der Waals surface area contributed by atoms with Crippen molar-refractivity contribution in [2.45, 2.75) is 18.5 Å². The van der Waals surface area contributed by atoms with Crippen molar-refractivity contribution in [3.05, 3.63) is 35.1 Å². The molecule has 100 valence electrons. The molecule has 1 aromatic rings. The highest BCUT2D eigenvalue weighted by molar-refractivity contribution is 5.79. The summed E-state index contributed by atoms with van der Waals surface area (Å²) in [6.45, 7) is 1.01. The van der Waals surface area contributed by atoms with Gasteiger partial charge >= 0.3 is 5.97 Å². The maximum Gasteiger partial charge on any atom is 0.325 e. The van der Waals surface area contributed by atoms with Gasteiger partial charge in [-0.15, -0.1) is 0 Å². The monoisotopic (exact) mass is 263 g/mol. The fourth-order valence-electron chi connectivity index (χ4n) is 2.21. The van der Waals surface area contributed by atoms with E-state index in [1.807, 2.05) is 6.07 Å². The fourth-order valence-corrected chi connectivity index (χ4v) is 2.21. The number of carboxylic acids is 1. The van der Waals surface area contributed by atoms with E-state index < -0.39 is 17.3 Å². The average Bonchev–Trinajstić information content (AvgIpc) is 2.75. The van der Waals surface area contributed by atoms with Crippen molar-refractivity contribution in [1.82, 2.24) is 4.90 Å². The summed E-state index contributed by atoms with van der Waals surface area (Å²) in [6, 6.07) is 6.13. The number of likely N-dealkylation sites (tertiary alicyclic amines) is 1. The SMILES string of the molecule is N#Cc1ccc(CN2CCC(N)(C(=O)O)C2)c(F)c1. The molecule has 0 bridgehead atoms. The molecule has 19 heavy (non-hydrogen) atoms. The molecular weight excluding hydrogens is 249 g/mol. The smallest absolute Gasteiger partial charge is 0.325 e. The number of halogens is 1. The number of rotatable bonds is 3. The summed E-state index contributed by atoms with van der Waals surface area (Å²) in [5, 5.41) is 17.7. The van der Waals surface area contributed by atoms with E-state index in [0.29, 0.717) is 25.1 Å². The number of hydrogen-bond acceptors (Lipinski definition) is 4. The predicted molar refractivity (Wildman–Crippen MR) is 65.6 cm³/mol. The van der Waals surface area contributed by atoms with Crippen molar-refractivity contribution in [3.8, 4) is 6.07 Å². The molecule has 6 heteroatoms. The first kappa shape index (κ1) is 13.5. The Balaban J connectivity index is 2.08. The van der Waals surface area contributed by atoms with Gasteiger partial charge in [0, 0.05) is 25.2 Å². The Morgan fingerprint density at radius 1 is 1.63 bits per heavy atom. The van der Waals surface area contributed by atoms with E-state index in [4.69, 9.17) is 16.1 Å². The van der Waals surface area contributed by atoms with E-state index in [-0.39, 0.29) is 12.1 Å². The summed E-state index contributed by atoms with van der Waals surface area (Å²) < 4.78 is 13.7. The highest BCUT2D eigenvalue weighted by Crippen LogP contribution is 2.22. The molecule has 3 N–H and O–H groups in total. The molecule has 0 aliphatic carbocycles. The van der Waals surface area contributed by atoms with Gasteiger partial charge < -0.3 is 10.8 Å². The van der Waals surface area contributed by atoms with Crippen molar-refractivity contribution < 1.29 is 14.3 Å². The molecule has 0 saturated carbocycles. The zero-order valence-electron chi connectivity index (χ0n) is 10.3. The largest absolute Gasteiger partial charge is 0.480 e.